The van der Waals surface area contributed by atoms with E-state index in [2.05, 4.69) is 5.32 Å². The number of hydrogen-bond donors (Lipinski definition) is 2. The smallest absolute Gasteiger partial charge is 0.416 e. The topological polar surface area (TPSA) is 137 Å². The molecule has 3 heterocycles. The fourth-order valence-electron chi connectivity index (χ4n) is 3.93. The maximum Gasteiger partial charge on any atom is 0.416 e. The zero-order chi connectivity index (χ0) is 29.2. The van der Waals surface area contributed by atoms with Gasteiger partial charge in [-0.2, -0.15) is 17.7 Å². The van der Waals surface area contributed by atoms with E-state index < -0.39 is 46.8 Å². The van der Waals surface area contributed by atoms with E-state index >= 15 is 0 Å². The number of rotatable bonds is 10. The molecule has 0 spiro atoms. The Labute approximate surface area is 243 Å². The number of alkyl halides is 3. The Kier molecular flexibility index (Phi) is 9.27. The highest BCUT2D eigenvalue weighted by Crippen LogP contribution is 2.41. The predicted octanol–water partition coefficient (Wildman–Crippen LogP) is 1.42. The van der Waals surface area contributed by atoms with Gasteiger partial charge in [-0.15, -0.1) is 35.3 Å². The number of nitrogens with zero attached hydrogens (tertiary/aromatic N) is 2. The molecule has 1 aromatic carbocycles. The van der Waals surface area contributed by atoms with E-state index in [4.69, 9.17) is 17.3 Å². The van der Waals surface area contributed by atoms with Crippen molar-refractivity contribution in [3.63, 3.8) is 0 Å². The van der Waals surface area contributed by atoms with Gasteiger partial charge in [0, 0.05) is 33.4 Å². The number of hydrogen-bond acceptors (Lipinski definition) is 8. The normalized spacial score (nSPS) is 18.7. The molecule has 2 aromatic rings. The van der Waals surface area contributed by atoms with Crippen LogP contribution in [0.15, 0.2) is 63.8 Å². The number of aliphatic carboxylic acids is 1. The fourth-order valence-corrected chi connectivity index (χ4v) is 7.36. The van der Waals surface area contributed by atoms with E-state index in [1.165, 1.54) is 23.5 Å². The van der Waals surface area contributed by atoms with Gasteiger partial charge in [0.2, 0.25) is 12.5 Å². The summed E-state index contributed by atoms with van der Waals surface area (Å²) in [5.74, 6) is -3.00. The lowest BCUT2D eigenvalue weighted by Crippen LogP contribution is -2.71. The van der Waals surface area contributed by atoms with E-state index in [1.807, 2.05) is 0 Å². The SMILES string of the molecule is NC(=O)C[n+]1ccc(SCC2=C(C(=O)[O-])N3C(=O)[C@@H](NC(=O)CSc4cc(C(F)(F)F)ccc4Cl)[C@H]3SC2)cc1. The van der Waals surface area contributed by atoms with Gasteiger partial charge < -0.3 is 21.0 Å². The van der Waals surface area contributed by atoms with E-state index in [0.717, 1.165) is 39.8 Å². The van der Waals surface area contributed by atoms with Crippen molar-refractivity contribution in [2.24, 2.45) is 5.73 Å². The minimum absolute atomic E-state index is 0.0232. The number of primary amides is 1. The van der Waals surface area contributed by atoms with E-state index in [0.29, 0.717) is 5.57 Å². The number of carbonyl (C=O) groups is 4. The summed E-state index contributed by atoms with van der Waals surface area (Å²) in [6.07, 6.45) is -1.24. The third kappa shape index (κ3) is 6.87. The van der Waals surface area contributed by atoms with Gasteiger partial charge in [-0.3, -0.25) is 19.3 Å². The Balaban J connectivity index is 1.36. The summed E-state index contributed by atoms with van der Waals surface area (Å²) in [5.41, 5.74) is 4.51. The average molecular weight is 633 g/mol. The first-order valence-electron chi connectivity index (χ1n) is 11.4. The second-order valence-electron chi connectivity index (χ2n) is 8.59. The number of thioether (sulfide) groups is 3. The molecule has 2 aliphatic heterocycles. The molecule has 1 saturated heterocycles. The molecule has 40 heavy (non-hydrogen) atoms. The number of amides is 3. The van der Waals surface area contributed by atoms with Crippen LogP contribution in [0.3, 0.4) is 0 Å². The van der Waals surface area contributed by atoms with Gasteiger partial charge in [0.25, 0.3) is 11.8 Å². The van der Waals surface area contributed by atoms with Gasteiger partial charge in [0.15, 0.2) is 12.4 Å². The number of benzene rings is 1. The van der Waals surface area contributed by atoms with Crippen molar-refractivity contribution in [1.82, 2.24) is 10.2 Å². The molecular weight excluding hydrogens is 613 g/mol. The molecule has 16 heteroatoms. The molecule has 2 atom stereocenters. The van der Waals surface area contributed by atoms with Crippen LogP contribution in [0, 0.1) is 0 Å². The maximum absolute atomic E-state index is 13.0. The Morgan fingerprint density at radius 1 is 1.20 bits per heavy atom. The van der Waals surface area contributed by atoms with Crippen LogP contribution >= 0.6 is 46.9 Å². The third-order valence-electron chi connectivity index (χ3n) is 5.79. The number of nitrogens with one attached hydrogen (secondary N) is 1. The fraction of sp³-hybridized carbons (Fsp3) is 0.292. The zero-order valence-corrected chi connectivity index (χ0v) is 23.5. The van der Waals surface area contributed by atoms with E-state index in [-0.39, 0.29) is 39.4 Å². The molecule has 212 valence electrons. The van der Waals surface area contributed by atoms with Crippen molar-refractivity contribution in [2.75, 3.05) is 17.3 Å². The number of halogens is 4. The Morgan fingerprint density at radius 2 is 1.90 bits per heavy atom. The largest absolute Gasteiger partial charge is 0.543 e. The highest BCUT2D eigenvalue weighted by molar-refractivity contribution is 8.01. The van der Waals surface area contributed by atoms with Gasteiger partial charge in [0.05, 0.1) is 28.0 Å². The standard InChI is InChI=1S/C24H20ClF3N4O5S3/c25-15-2-1-13(24(26,27)28)7-16(15)39-11-18(34)30-19-21(35)32-20(23(36)37)12(10-40-22(19)32)9-38-14-3-5-31(6-4-14)8-17(29)33/h1-7,19,22H,8-11H2,(H3-,29,30,33,34,36,37)/t19-,22-/m1/s1. The second-order valence-corrected chi connectivity index (χ2v) is 12.2. The zero-order valence-electron chi connectivity index (χ0n) is 20.3. The number of β-lactam (4-membered cyclic amide) rings is 1. The predicted molar refractivity (Wildman–Crippen MR) is 141 cm³/mol. The van der Waals surface area contributed by atoms with E-state index in [9.17, 15) is 37.5 Å². The van der Waals surface area contributed by atoms with Crippen LogP contribution in [-0.2, 0) is 31.9 Å². The molecule has 1 fully saturated rings. The van der Waals surface area contributed by atoms with Crippen molar-refractivity contribution < 1.29 is 42.0 Å². The van der Waals surface area contributed by atoms with Crippen LogP contribution < -0.4 is 20.7 Å². The number of carboxylic acids is 1. The van der Waals surface area contributed by atoms with E-state index in [1.54, 1.807) is 29.1 Å². The van der Waals surface area contributed by atoms with Crippen LogP contribution in [-0.4, -0.2) is 57.3 Å². The van der Waals surface area contributed by atoms with Crippen LogP contribution in [0.5, 0.6) is 0 Å². The summed E-state index contributed by atoms with van der Waals surface area (Å²) in [5, 5.41) is 13.9. The molecule has 0 saturated carbocycles. The minimum Gasteiger partial charge on any atom is -0.543 e. The van der Waals surface area contributed by atoms with Gasteiger partial charge in [0.1, 0.15) is 11.4 Å². The molecule has 9 nitrogen and oxygen atoms in total. The Morgan fingerprint density at radius 3 is 2.52 bits per heavy atom. The first kappa shape index (κ1) is 30.1. The molecule has 0 bridgehead atoms. The minimum atomic E-state index is -4.57. The van der Waals surface area contributed by atoms with Crippen LogP contribution in [0.4, 0.5) is 13.2 Å². The third-order valence-corrected chi connectivity index (χ3v) is 9.72. The van der Waals surface area contributed by atoms with Crippen molar-refractivity contribution in [1.29, 1.82) is 0 Å². The summed E-state index contributed by atoms with van der Waals surface area (Å²) >= 11 is 9.38. The van der Waals surface area contributed by atoms with Crippen LogP contribution in [0.25, 0.3) is 0 Å². The summed E-state index contributed by atoms with van der Waals surface area (Å²) in [7, 11) is 0. The van der Waals surface area contributed by atoms with Crippen LogP contribution in [0.2, 0.25) is 5.02 Å². The Bertz CT molecular complexity index is 1390. The lowest BCUT2D eigenvalue weighted by atomic mass is 10.0. The molecule has 3 N–H and O–H groups in total. The average Bonchev–Trinajstić information content (AvgIpc) is 2.89. The van der Waals surface area contributed by atoms with Crippen molar-refractivity contribution in [3.8, 4) is 0 Å². The molecule has 0 unspecified atom stereocenters. The molecular formula is C24H20ClF3N4O5S3. The molecule has 2 aliphatic rings. The van der Waals surface area contributed by atoms with Gasteiger partial charge >= 0.3 is 6.18 Å². The van der Waals surface area contributed by atoms with Gasteiger partial charge in [-0.1, -0.05) is 11.6 Å². The number of aromatic nitrogens is 1. The number of pyridine rings is 1. The van der Waals surface area contributed by atoms with Crippen molar-refractivity contribution in [2.45, 2.75) is 33.9 Å². The number of fused-ring (bicyclic) bond motifs is 1. The lowest BCUT2D eigenvalue weighted by molar-refractivity contribution is -0.684. The highest BCUT2D eigenvalue weighted by Gasteiger charge is 2.52. The van der Waals surface area contributed by atoms with Crippen molar-refractivity contribution >= 4 is 70.6 Å². The Hall–Kier alpha value is -2.88. The second kappa shape index (κ2) is 12.3. The molecule has 0 radical (unpaired) electrons. The first-order chi connectivity index (χ1) is 18.8. The summed E-state index contributed by atoms with van der Waals surface area (Å²) in [4.78, 5) is 50.3. The highest BCUT2D eigenvalue weighted by atomic mass is 35.5. The number of carboxylic acid groups (broad SMARTS) is 1. The first-order valence-corrected chi connectivity index (χ1v) is 14.8. The quantitative estimate of drug-likeness (QED) is 0.228. The molecule has 4 rings (SSSR count). The summed E-state index contributed by atoms with van der Waals surface area (Å²) in [6, 6.07) is 5.28. The van der Waals surface area contributed by atoms with Crippen molar-refractivity contribution in [3.05, 3.63) is 64.6 Å². The number of carbonyl (C=O) groups excluding carboxylic acids is 4. The summed E-state index contributed by atoms with van der Waals surface area (Å²) in [6.45, 7) is 0.0232. The van der Waals surface area contributed by atoms with Gasteiger partial charge in [-0.25, -0.2) is 0 Å². The monoisotopic (exact) mass is 632 g/mol. The van der Waals surface area contributed by atoms with Gasteiger partial charge in [-0.05, 0) is 23.8 Å². The lowest BCUT2D eigenvalue weighted by Gasteiger charge is -2.50. The van der Waals surface area contributed by atoms with Crippen LogP contribution in [0.1, 0.15) is 5.56 Å². The number of nitrogens with two attached hydrogens (primary N) is 1. The molecule has 1 aromatic heterocycles. The molecule has 3 amide bonds. The maximum atomic E-state index is 13.0. The summed E-state index contributed by atoms with van der Waals surface area (Å²) < 4.78 is 40.6. The molecule has 0 aliphatic carbocycles.